The van der Waals surface area contributed by atoms with Crippen molar-refractivity contribution in [1.82, 2.24) is 4.90 Å². The zero-order chi connectivity index (χ0) is 20.2. The summed E-state index contributed by atoms with van der Waals surface area (Å²) in [4.78, 5) is 16.4. The maximum atomic E-state index is 12.5. The van der Waals surface area contributed by atoms with Gasteiger partial charge >= 0.3 is 0 Å². The van der Waals surface area contributed by atoms with E-state index in [1.807, 2.05) is 49.4 Å². The summed E-state index contributed by atoms with van der Waals surface area (Å²) in [5.74, 6) is 0.0665. The molecule has 0 bridgehead atoms. The van der Waals surface area contributed by atoms with Crippen LogP contribution in [0.2, 0.25) is 0 Å². The second-order valence-electron chi connectivity index (χ2n) is 7.06. The summed E-state index contributed by atoms with van der Waals surface area (Å²) >= 11 is 0. The molecule has 3 nitrogen and oxygen atoms in total. The Morgan fingerprint density at radius 1 is 0.862 bits per heavy atom. The van der Waals surface area contributed by atoms with E-state index < -0.39 is 0 Å². The summed E-state index contributed by atoms with van der Waals surface area (Å²) in [5, 5.41) is 0. The summed E-state index contributed by atoms with van der Waals surface area (Å²) in [7, 11) is 0. The van der Waals surface area contributed by atoms with Crippen LogP contribution in [0.15, 0.2) is 103 Å². The van der Waals surface area contributed by atoms with Crippen molar-refractivity contribution in [3.8, 4) is 0 Å². The number of amides is 1. The zero-order valence-corrected chi connectivity index (χ0v) is 16.6. The average Bonchev–Trinajstić information content (AvgIpc) is 3.03. The van der Waals surface area contributed by atoms with E-state index in [4.69, 9.17) is 0 Å². The second kappa shape index (κ2) is 8.19. The predicted molar refractivity (Wildman–Crippen MR) is 120 cm³/mol. The van der Waals surface area contributed by atoms with Crippen molar-refractivity contribution in [2.45, 2.75) is 13.3 Å². The third-order valence-electron chi connectivity index (χ3n) is 5.13. The monoisotopic (exact) mass is 380 g/mol. The minimum atomic E-state index is 0.0665. The molecule has 0 aliphatic carbocycles. The SMILES string of the molecule is C=C1C/C(=C/c2ccc(N(c3ccccc3)c3ccccc3)cc2)C(=O)N1CC. The van der Waals surface area contributed by atoms with Crippen molar-refractivity contribution in [3.63, 3.8) is 0 Å². The molecule has 3 heteroatoms. The summed E-state index contributed by atoms with van der Waals surface area (Å²) in [6.45, 7) is 6.65. The molecule has 0 atom stereocenters. The molecule has 0 N–H and O–H groups in total. The molecule has 3 aromatic carbocycles. The fraction of sp³-hybridized carbons (Fsp3) is 0.115. The van der Waals surface area contributed by atoms with E-state index in [1.54, 1.807) is 4.90 Å². The first-order chi connectivity index (χ1) is 14.2. The molecule has 1 saturated heterocycles. The van der Waals surface area contributed by atoms with Gasteiger partial charge in [0.25, 0.3) is 5.91 Å². The van der Waals surface area contributed by atoms with E-state index in [2.05, 4.69) is 60.0 Å². The van der Waals surface area contributed by atoms with Crippen molar-refractivity contribution in [1.29, 1.82) is 0 Å². The Morgan fingerprint density at radius 3 is 1.86 bits per heavy atom. The average molecular weight is 380 g/mol. The van der Waals surface area contributed by atoms with E-state index in [1.165, 1.54) is 0 Å². The van der Waals surface area contributed by atoms with Crippen molar-refractivity contribution >= 4 is 29.0 Å². The molecular formula is C26H24N2O. The van der Waals surface area contributed by atoms with Gasteiger partial charge in [-0.25, -0.2) is 0 Å². The molecule has 1 heterocycles. The van der Waals surface area contributed by atoms with Crippen LogP contribution in [-0.4, -0.2) is 17.4 Å². The lowest BCUT2D eigenvalue weighted by Gasteiger charge is -2.25. The summed E-state index contributed by atoms with van der Waals surface area (Å²) in [5.41, 5.74) is 5.97. The van der Waals surface area contributed by atoms with E-state index in [0.29, 0.717) is 13.0 Å². The number of hydrogen-bond acceptors (Lipinski definition) is 2. The number of rotatable bonds is 5. The molecule has 4 rings (SSSR count). The van der Waals surface area contributed by atoms with Crippen LogP contribution in [0.3, 0.4) is 0 Å². The predicted octanol–water partition coefficient (Wildman–Crippen LogP) is 6.31. The van der Waals surface area contributed by atoms with Gasteiger partial charge in [0, 0.05) is 41.3 Å². The van der Waals surface area contributed by atoms with Gasteiger partial charge in [-0.15, -0.1) is 0 Å². The smallest absolute Gasteiger partial charge is 0.254 e. The van der Waals surface area contributed by atoms with Crippen LogP contribution in [0.5, 0.6) is 0 Å². The van der Waals surface area contributed by atoms with Gasteiger partial charge < -0.3 is 9.80 Å². The number of nitrogens with zero attached hydrogens (tertiary/aromatic N) is 2. The van der Waals surface area contributed by atoms with Gasteiger partial charge in [0.2, 0.25) is 0 Å². The Hall–Kier alpha value is -3.59. The minimum Gasteiger partial charge on any atom is -0.313 e. The van der Waals surface area contributed by atoms with Gasteiger partial charge in [-0.05, 0) is 55.0 Å². The van der Waals surface area contributed by atoms with E-state index in [9.17, 15) is 4.79 Å². The number of carbonyl (C=O) groups excluding carboxylic acids is 1. The van der Waals surface area contributed by atoms with Crippen LogP contribution in [0.1, 0.15) is 18.9 Å². The molecule has 0 unspecified atom stereocenters. The Morgan fingerprint density at radius 2 is 1.38 bits per heavy atom. The molecule has 1 aliphatic rings. The third kappa shape index (κ3) is 3.85. The zero-order valence-electron chi connectivity index (χ0n) is 16.6. The van der Waals surface area contributed by atoms with Gasteiger partial charge in [0.15, 0.2) is 0 Å². The number of hydrogen-bond donors (Lipinski definition) is 0. The molecule has 1 amide bonds. The van der Waals surface area contributed by atoms with Crippen LogP contribution < -0.4 is 4.90 Å². The summed E-state index contributed by atoms with van der Waals surface area (Å²) < 4.78 is 0. The number of para-hydroxylation sites is 2. The third-order valence-corrected chi connectivity index (χ3v) is 5.13. The molecule has 144 valence electrons. The topological polar surface area (TPSA) is 23.6 Å². The normalized spacial score (nSPS) is 15.2. The molecule has 3 aromatic rings. The first-order valence-corrected chi connectivity index (χ1v) is 9.88. The number of carbonyl (C=O) groups is 1. The largest absolute Gasteiger partial charge is 0.313 e. The van der Waals surface area contributed by atoms with E-state index in [0.717, 1.165) is 33.9 Å². The number of likely N-dealkylation sites (tertiary alicyclic amines) is 1. The van der Waals surface area contributed by atoms with E-state index in [-0.39, 0.29) is 5.91 Å². The Kier molecular flexibility index (Phi) is 5.30. The molecule has 0 aromatic heterocycles. The van der Waals surface area contributed by atoms with Gasteiger partial charge in [0.05, 0.1) is 0 Å². The first kappa shape index (κ1) is 18.8. The van der Waals surface area contributed by atoms with Crippen molar-refractivity contribution in [3.05, 3.63) is 108 Å². The van der Waals surface area contributed by atoms with Gasteiger partial charge in [-0.2, -0.15) is 0 Å². The van der Waals surface area contributed by atoms with E-state index >= 15 is 0 Å². The Labute approximate surface area is 172 Å². The fourth-order valence-electron chi connectivity index (χ4n) is 3.71. The lowest BCUT2D eigenvalue weighted by molar-refractivity contribution is -0.123. The highest BCUT2D eigenvalue weighted by molar-refractivity contribution is 6.02. The fourth-order valence-corrected chi connectivity index (χ4v) is 3.71. The summed E-state index contributed by atoms with van der Waals surface area (Å²) in [6, 6.07) is 28.9. The number of benzene rings is 3. The van der Waals surface area contributed by atoms with Crippen LogP contribution in [-0.2, 0) is 4.79 Å². The molecule has 1 fully saturated rings. The first-order valence-electron chi connectivity index (χ1n) is 9.88. The minimum absolute atomic E-state index is 0.0665. The maximum absolute atomic E-state index is 12.5. The molecule has 0 radical (unpaired) electrons. The van der Waals surface area contributed by atoms with Crippen molar-refractivity contribution in [2.75, 3.05) is 11.4 Å². The van der Waals surface area contributed by atoms with Gasteiger partial charge in [-0.3, -0.25) is 4.79 Å². The summed E-state index contributed by atoms with van der Waals surface area (Å²) in [6.07, 6.45) is 2.59. The van der Waals surface area contributed by atoms with Crippen molar-refractivity contribution < 1.29 is 4.79 Å². The molecular weight excluding hydrogens is 356 g/mol. The van der Waals surface area contributed by atoms with Gasteiger partial charge in [-0.1, -0.05) is 55.1 Å². The molecule has 0 spiro atoms. The highest BCUT2D eigenvalue weighted by Crippen LogP contribution is 2.34. The number of allylic oxidation sites excluding steroid dienone is 1. The number of anilines is 3. The highest BCUT2D eigenvalue weighted by Gasteiger charge is 2.27. The Balaban J connectivity index is 1.66. The second-order valence-corrected chi connectivity index (χ2v) is 7.06. The lowest BCUT2D eigenvalue weighted by atomic mass is 10.1. The van der Waals surface area contributed by atoms with Crippen LogP contribution in [0.4, 0.5) is 17.1 Å². The van der Waals surface area contributed by atoms with Crippen LogP contribution >= 0.6 is 0 Å². The number of likely N-dealkylation sites (N-methyl/N-ethyl adjacent to an activating group) is 1. The highest BCUT2D eigenvalue weighted by atomic mass is 16.2. The van der Waals surface area contributed by atoms with Crippen LogP contribution in [0, 0.1) is 0 Å². The molecule has 1 aliphatic heterocycles. The molecule has 29 heavy (non-hydrogen) atoms. The maximum Gasteiger partial charge on any atom is 0.254 e. The van der Waals surface area contributed by atoms with Gasteiger partial charge in [0.1, 0.15) is 0 Å². The van der Waals surface area contributed by atoms with Crippen LogP contribution in [0.25, 0.3) is 6.08 Å². The Bertz CT molecular complexity index is 998. The van der Waals surface area contributed by atoms with Crippen molar-refractivity contribution in [2.24, 2.45) is 0 Å². The quantitative estimate of drug-likeness (QED) is 0.485. The lowest BCUT2D eigenvalue weighted by Crippen LogP contribution is -2.22. The molecule has 0 saturated carbocycles. The standard InChI is InChI=1S/C26H24N2O/c1-3-27-20(2)18-22(26(27)29)19-21-14-16-25(17-15-21)28(23-10-6-4-7-11-23)24-12-8-5-9-13-24/h4-17,19H,2-3,18H2,1H3/b22-19-.